The molecule has 1 aliphatic rings. The largest absolute Gasteiger partial charge is 0.327 e. The standard InChI is InChI=1S/C4H9NO2S2/c5-4-1-2-9(6,7)8-3-4/h4H,1-3,5H2. The highest BCUT2D eigenvalue weighted by atomic mass is 33.1. The van der Waals surface area contributed by atoms with E-state index in [9.17, 15) is 8.42 Å². The highest BCUT2D eigenvalue weighted by Crippen LogP contribution is 2.21. The molecule has 1 saturated heterocycles. The van der Waals surface area contributed by atoms with Gasteiger partial charge >= 0.3 is 0 Å². The van der Waals surface area contributed by atoms with E-state index in [1.807, 2.05) is 0 Å². The van der Waals surface area contributed by atoms with Gasteiger partial charge in [-0.3, -0.25) is 0 Å². The smallest absolute Gasteiger partial charge is 0.201 e. The van der Waals surface area contributed by atoms with Gasteiger partial charge in [-0.25, -0.2) is 8.42 Å². The van der Waals surface area contributed by atoms with E-state index in [2.05, 4.69) is 0 Å². The summed E-state index contributed by atoms with van der Waals surface area (Å²) in [5.74, 6) is 0.807. The second-order valence-corrected chi connectivity index (χ2v) is 6.42. The molecule has 0 saturated carbocycles. The van der Waals surface area contributed by atoms with Crippen molar-refractivity contribution in [2.45, 2.75) is 12.5 Å². The van der Waals surface area contributed by atoms with Crippen molar-refractivity contribution in [2.24, 2.45) is 5.73 Å². The molecule has 0 aromatic carbocycles. The maximum absolute atomic E-state index is 10.7. The predicted molar refractivity (Wildman–Crippen MR) is 38.8 cm³/mol. The molecule has 2 N–H and O–H groups in total. The molecular weight excluding hydrogens is 158 g/mol. The van der Waals surface area contributed by atoms with Crippen LogP contribution in [0.4, 0.5) is 0 Å². The van der Waals surface area contributed by atoms with E-state index in [1.165, 1.54) is 0 Å². The van der Waals surface area contributed by atoms with Crippen LogP contribution in [0.3, 0.4) is 0 Å². The maximum atomic E-state index is 10.7. The molecule has 54 valence electrons. The molecule has 1 rings (SSSR count). The molecule has 1 aliphatic heterocycles. The van der Waals surface area contributed by atoms with Crippen molar-refractivity contribution in [1.29, 1.82) is 0 Å². The Balaban J connectivity index is 2.55. The van der Waals surface area contributed by atoms with Gasteiger partial charge in [0, 0.05) is 11.8 Å². The van der Waals surface area contributed by atoms with Crippen molar-refractivity contribution in [3.63, 3.8) is 0 Å². The summed E-state index contributed by atoms with van der Waals surface area (Å²) < 4.78 is 21.4. The van der Waals surface area contributed by atoms with E-state index >= 15 is 0 Å². The van der Waals surface area contributed by atoms with Gasteiger partial charge in [0.1, 0.15) is 0 Å². The molecule has 0 aromatic rings. The van der Waals surface area contributed by atoms with Crippen LogP contribution in [0, 0.1) is 0 Å². The fourth-order valence-corrected chi connectivity index (χ4v) is 3.68. The van der Waals surface area contributed by atoms with E-state index in [-0.39, 0.29) is 11.8 Å². The van der Waals surface area contributed by atoms with Crippen molar-refractivity contribution in [2.75, 3.05) is 11.5 Å². The van der Waals surface area contributed by atoms with Crippen molar-refractivity contribution in [3.05, 3.63) is 0 Å². The predicted octanol–water partition coefficient (Wildman–Crippen LogP) is -0.220. The molecule has 0 radical (unpaired) electrons. The summed E-state index contributed by atoms with van der Waals surface area (Å²) in [6.07, 6.45) is 0.620. The summed E-state index contributed by atoms with van der Waals surface area (Å²) in [6.45, 7) is 0. The van der Waals surface area contributed by atoms with Crippen LogP contribution in [0.5, 0.6) is 0 Å². The second kappa shape index (κ2) is 2.48. The summed E-state index contributed by atoms with van der Waals surface area (Å²) in [5, 5.41) is 0. The zero-order valence-corrected chi connectivity index (χ0v) is 6.54. The van der Waals surface area contributed by atoms with E-state index in [0.29, 0.717) is 12.2 Å². The Morgan fingerprint density at radius 3 is 2.56 bits per heavy atom. The third kappa shape index (κ3) is 2.15. The van der Waals surface area contributed by atoms with Gasteiger partial charge in [0.05, 0.1) is 5.75 Å². The van der Waals surface area contributed by atoms with Crippen LogP contribution >= 0.6 is 10.8 Å². The lowest BCUT2D eigenvalue weighted by Crippen LogP contribution is -2.30. The third-order valence-corrected chi connectivity index (χ3v) is 4.84. The summed E-state index contributed by atoms with van der Waals surface area (Å²) in [4.78, 5) is 0. The van der Waals surface area contributed by atoms with Crippen LogP contribution in [0.2, 0.25) is 0 Å². The summed E-state index contributed by atoms with van der Waals surface area (Å²) in [6, 6.07) is 0.0820. The number of rotatable bonds is 0. The van der Waals surface area contributed by atoms with Crippen LogP contribution < -0.4 is 5.73 Å². The second-order valence-electron chi connectivity index (χ2n) is 2.10. The fraction of sp³-hybridized carbons (Fsp3) is 1.00. The number of hydrogen-bond donors (Lipinski definition) is 1. The molecular formula is C4H9NO2S2. The van der Waals surface area contributed by atoms with E-state index in [4.69, 9.17) is 5.73 Å². The first-order valence-corrected chi connectivity index (χ1v) is 5.88. The van der Waals surface area contributed by atoms with Gasteiger partial charge in [0.2, 0.25) is 8.87 Å². The Bertz CT molecular complexity index is 173. The molecule has 1 atom stereocenters. The maximum Gasteiger partial charge on any atom is 0.201 e. The Kier molecular flexibility index (Phi) is 2.03. The number of nitrogens with two attached hydrogens (primary N) is 1. The van der Waals surface area contributed by atoms with Crippen LogP contribution in [0.25, 0.3) is 0 Å². The van der Waals surface area contributed by atoms with Gasteiger partial charge in [-0.15, -0.1) is 0 Å². The van der Waals surface area contributed by atoms with Gasteiger partial charge in [0.15, 0.2) is 0 Å². The van der Waals surface area contributed by atoms with Crippen molar-refractivity contribution < 1.29 is 8.42 Å². The van der Waals surface area contributed by atoms with Gasteiger partial charge in [0.25, 0.3) is 0 Å². The van der Waals surface area contributed by atoms with Crippen LogP contribution in [-0.2, 0) is 8.87 Å². The molecule has 3 nitrogen and oxygen atoms in total. The molecule has 9 heavy (non-hydrogen) atoms. The molecule has 1 fully saturated rings. The molecule has 0 aromatic heterocycles. The number of hydrogen-bond acceptors (Lipinski definition) is 4. The summed E-state index contributed by atoms with van der Waals surface area (Å²) in [5.41, 5.74) is 5.47. The quantitative estimate of drug-likeness (QED) is 0.507. The van der Waals surface area contributed by atoms with Gasteiger partial charge in [-0.1, -0.05) is 0 Å². The van der Waals surface area contributed by atoms with Crippen molar-refractivity contribution in [1.82, 2.24) is 0 Å². The first-order valence-electron chi connectivity index (χ1n) is 2.73. The zero-order chi connectivity index (χ0) is 6.91. The Morgan fingerprint density at radius 2 is 2.22 bits per heavy atom. The summed E-state index contributed by atoms with van der Waals surface area (Å²) >= 11 is 0. The van der Waals surface area contributed by atoms with E-state index < -0.39 is 8.87 Å². The minimum Gasteiger partial charge on any atom is -0.327 e. The Hall–Kier alpha value is 0.260. The van der Waals surface area contributed by atoms with Crippen LogP contribution in [0.1, 0.15) is 6.42 Å². The average molecular weight is 167 g/mol. The molecule has 5 heteroatoms. The minimum absolute atomic E-state index is 0.0820. The fourth-order valence-electron chi connectivity index (χ4n) is 0.629. The summed E-state index contributed by atoms with van der Waals surface area (Å²) in [7, 11) is -1.80. The lowest BCUT2D eigenvalue weighted by molar-refractivity contribution is 0.598. The highest BCUT2D eigenvalue weighted by Gasteiger charge is 2.21. The molecule has 0 spiro atoms. The van der Waals surface area contributed by atoms with Gasteiger partial charge in [-0.05, 0) is 17.2 Å². The molecule has 1 unspecified atom stereocenters. The Morgan fingerprint density at radius 1 is 1.56 bits per heavy atom. The first-order chi connectivity index (χ1) is 4.10. The normalized spacial score (nSPS) is 34.1. The molecule has 0 amide bonds. The molecule has 0 aliphatic carbocycles. The van der Waals surface area contributed by atoms with Crippen molar-refractivity contribution in [3.8, 4) is 0 Å². The minimum atomic E-state index is -2.78. The molecule has 0 bridgehead atoms. The van der Waals surface area contributed by atoms with Gasteiger partial charge in [-0.2, -0.15) is 0 Å². The lowest BCUT2D eigenvalue weighted by Gasteiger charge is -2.15. The average Bonchev–Trinajstić information content (AvgIpc) is 1.78. The highest BCUT2D eigenvalue weighted by molar-refractivity contribution is 8.72. The molecule has 1 heterocycles. The zero-order valence-electron chi connectivity index (χ0n) is 4.91. The van der Waals surface area contributed by atoms with Crippen LogP contribution in [-0.4, -0.2) is 26.0 Å². The Labute approximate surface area is 58.3 Å². The monoisotopic (exact) mass is 167 g/mol. The van der Waals surface area contributed by atoms with E-state index in [0.717, 1.165) is 10.8 Å². The SMILES string of the molecule is NC1CCS(=O)(=O)SC1. The topological polar surface area (TPSA) is 60.2 Å². The van der Waals surface area contributed by atoms with Crippen molar-refractivity contribution >= 4 is 19.7 Å². The van der Waals surface area contributed by atoms with E-state index in [1.54, 1.807) is 0 Å². The third-order valence-electron chi connectivity index (χ3n) is 1.20. The van der Waals surface area contributed by atoms with Gasteiger partial charge < -0.3 is 5.73 Å². The first kappa shape index (κ1) is 7.37. The lowest BCUT2D eigenvalue weighted by atomic mass is 10.3. The van der Waals surface area contributed by atoms with Crippen LogP contribution in [0.15, 0.2) is 0 Å².